The number of methoxy groups -OCH3 is 1. The number of nitriles is 1. The standard InChI is InChI=1S/C31H25N5O3.C26H22N8O.C26H21N5O/c1-19-28(20(2)39-35-19)23-16-27-29(34-17-23)24(21-10-12-22(13-11-21)31(37)38-3)18-36(27)30(25-8-4-6-14-32-25)26-9-5-7-15-33-26;1-15-24(17(3)35-31-15)20-12-23-25(28-13-20)21(14-34(23)16(2)22-6-4-5-11-27-22)18-7-9-19(10-8-18)26-29-32-33-30-26;1-16-25(18(3)32-30-16)21-12-24-26(29-14-21)22(20-9-7-19(13-27)8-10-20)15-31(24)17(2)23-6-4-5-11-28-23/h4-18,30H,1-3H3;4-14,16H,1-3H3,(H,29,30,32,33);4-12,14-15,17H,1-3H3/t;16-;17-/m.00/s1. The van der Waals surface area contributed by atoms with Crippen LogP contribution in [-0.2, 0) is 4.74 Å². The van der Waals surface area contributed by atoms with Crippen LogP contribution in [0.3, 0.4) is 0 Å². The van der Waals surface area contributed by atoms with Crippen LogP contribution in [0.2, 0.25) is 0 Å². The lowest BCUT2D eigenvalue weighted by atomic mass is 10.0. The van der Waals surface area contributed by atoms with E-state index in [-0.39, 0.29) is 24.1 Å². The van der Waals surface area contributed by atoms with Gasteiger partial charge in [0.2, 0.25) is 5.82 Å². The molecule has 17 rings (SSSR count). The molecule has 0 radical (unpaired) electrons. The highest BCUT2D eigenvalue weighted by Gasteiger charge is 2.27. The summed E-state index contributed by atoms with van der Waals surface area (Å²) >= 11 is 0. The van der Waals surface area contributed by atoms with Crippen molar-refractivity contribution in [2.24, 2.45) is 0 Å². The zero-order chi connectivity index (χ0) is 73.1. The molecule has 0 amide bonds. The summed E-state index contributed by atoms with van der Waals surface area (Å²) < 4.78 is 27.7. The van der Waals surface area contributed by atoms with E-state index >= 15 is 0 Å². The average Bonchev–Trinajstić information content (AvgIpc) is 1.60. The number of nitrogens with one attached hydrogen (secondary N) is 1. The summed E-state index contributed by atoms with van der Waals surface area (Å²) in [6.07, 6.45) is 19.2. The first-order valence-electron chi connectivity index (χ1n) is 34.2. The first kappa shape index (κ1) is 67.8. The Morgan fingerprint density at radius 1 is 0.453 bits per heavy atom. The molecule has 0 bridgehead atoms. The third-order valence-electron chi connectivity index (χ3n) is 19.0. The van der Waals surface area contributed by atoms with Crippen LogP contribution < -0.4 is 0 Å². The van der Waals surface area contributed by atoms with Crippen molar-refractivity contribution in [2.45, 2.75) is 73.5 Å². The SMILES string of the molecule is COC(=O)c1ccc(-c2cn(C(c3ccccn3)c3ccccn3)c3cc(-c4c(C)noc4C)cnc23)cc1.Cc1noc(C)c1-c1cnc2c(-c3ccc(-c4nn[nH]n4)cc3)cn([C@@H](C)c3ccccn3)c2c1.Cc1noc(C)c1-c1cnc2c(-c3ccc(C#N)cc3)cn([C@@H](C)c3ccccn3)c2c1. The van der Waals surface area contributed by atoms with Gasteiger partial charge in [0.15, 0.2) is 0 Å². The molecule has 106 heavy (non-hydrogen) atoms. The van der Waals surface area contributed by atoms with Crippen LogP contribution in [0.5, 0.6) is 0 Å². The third-order valence-corrected chi connectivity index (χ3v) is 19.0. The Labute approximate surface area is 607 Å². The van der Waals surface area contributed by atoms with E-state index in [1.165, 1.54) is 7.11 Å². The minimum atomic E-state index is -0.378. The maximum Gasteiger partial charge on any atom is 0.337 e. The van der Waals surface area contributed by atoms with E-state index in [2.05, 4.69) is 129 Å². The number of benzene rings is 3. The maximum atomic E-state index is 12.0. The van der Waals surface area contributed by atoms with Crippen LogP contribution in [0.1, 0.15) is 105 Å². The number of nitrogens with zero attached hydrogens (tertiary/aromatic N) is 17. The summed E-state index contributed by atoms with van der Waals surface area (Å²) in [5, 5.41) is 35.8. The summed E-state index contributed by atoms with van der Waals surface area (Å²) in [7, 11) is 1.37. The van der Waals surface area contributed by atoms with Crippen molar-refractivity contribution >= 4 is 39.1 Å². The highest BCUT2D eigenvalue weighted by atomic mass is 16.5. The van der Waals surface area contributed by atoms with E-state index in [4.69, 9.17) is 48.5 Å². The van der Waals surface area contributed by atoms with E-state index in [9.17, 15) is 4.79 Å². The molecule has 0 saturated carbocycles. The number of hydrogen-bond donors (Lipinski definition) is 1. The van der Waals surface area contributed by atoms with Gasteiger partial charge < -0.3 is 32.0 Å². The second kappa shape index (κ2) is 29.2. The van der Waals surface area contributed by atoms with E-state index in [0.29, 0.717) is 17.0 Å². The molecule has 0 spiro atoms. The lowest BCUT2D eigenvalue weighted by molar-refractivity contribution is 0.0600. The molecule has 3 aromatic carbocycles. The summed E-state index contributed by atoms with van der Waals surface area (Å²) in [4.78, 5) is 45.3. The Kier molecular flexibility index (Phi) is 18.6. The van der Waals surface area contributed by atoms with Crippen LogP contribution in [0.25, 0.3) is 111 Å². The molecule has 14 heterocycles. The quantitative estimate of drug-likeness (QED) is 0.0933. The fourth-order valence-corrected chi connectivity index (χ4v) is 13.7. The fourth-order valence-electron chi connectivity index (χ4n) is 13.7. The molecule has 0 aliphatic rings. The number of fused-ring (bicyclic) bond motifs is 3. The summed E-state index contributed by atoms with van der Waals surface area (Å²) in [6, 6.07) is 55.0. The molecule has 0 unspecified atom stereocenters. The topological polar surface area (TPSA) is 288 Å². The van der Waals surface area contributed by atoms with Crippen molar-refractivity contribution in [2.75, 3.05) is 7.11 Å². The second-order valence-corrected chi connectivity index (χ2v) is 25.6. The van der Waals surface area contributed by atoms with E-state index < -0.39 is 0 Å². The van der Waals surface area contributed by atoms with E-state index in [0.717, 1.165) is 163 Å². The van der Waals surface area contributed by atoms with Crippen molar-refractivity contribution in [3.63, 3.8) is 0 Å². The first-order chi connectivity index (χ1) is 51.7. The number of aryl methyl sites for hydroxylation is 6. The van der Waals surface area contributed by atoms with Crippen LogP contribution in [0, 0.1) is 52.9 Å². The van der Waals surface area contributed by atoms with Gasteiger partial charge in [-0.3, -0.25) is 34.9 Å². The van der Waals surface area contributed by atoms with Crippen LogP contribution in [-0.4, -0.2) is 97.8 Å². The molecule has 520 valence electrons. The monoisotopic (exact) mass is 1400 g/mol. The van der Waals surface area contributed by atoms with Crippen molar-refractivity contribution in [1.82, 2.24) is 84.7 Å². The van der Waals surface area contributed by atoms with E-state index in [1.54, 1.807) is 24.5 Å². The van der Waals surface area contributed by atoms with Gasteiger partial charge in [-0.1, -0.05) is 88.3 Å². The molecular formula is C83H68N18O5. The molecule has 0 aliphatic carbocycles. The Hall–Kier alpha value is -14.0. The van der Waals surface area contributed by atoms with Gasteiger partial charge in [-0.15, -0.1) is 10.2 Å². The first-order valence-corrected chi connectivity index (χ1v) is 34.2. The minimum absolute atomic E-state index is 0.00699. The predicted octanol–water partition coefficient (Wildman–Crippen LogP) is 17.2. The highest BCUT2D eigenvalue weighted by molar-refractivity contribution is 5.99. The zero-order valence-electron chi connectivity index (χ0n) is 59.2. The summed E-state index contributed by atoms with van der Waals surface area (Å²) in [6.45, 7) is 15.8. The van der Waals surface area contributed by atoms with Gasteiger partial charge >= 0.3 is 5.97 Å². The predicted molar refractivity (Wildman–Crippen MR) is 401 cm³/mol. The number of carbonyl (C=O) groups is 1. The molecule has 0 aliphatic heterocycles. The molecule has 1 N–H and O–H groups in total. The Bertz CT molecular complexity index is 5920. The maximum absolute atomic E-state index is 12.0. The highest BCUT2D eigenvalue weighted by Crippen LogP contribution is 2.42. The lowest BCUT2D eigenvalue weighted by Crippen LogP contribution is -2.14. The summed E-state index contributed by atoms with van der Waals surface area (Å²) in [5.41, 5.74) is 25.3. The van der Waals surface area contributed by atoms with Gasteiger partial charge in [-0.25, -0.2) is 4.79 Å². The number of esters is 1. The van der Waals surface area contributed by atoms with Gasteiger partial charge in [0, 0.05) is 118 Å². The molecule has 0 saturated heterocycles. The molecular weight excluding hydrogens is 1330 g/mol. The smallest absolute Gasteiger partial charge is 0.337 e. The molecule has 23 heteroatoms. The number of rotatable bonds is 15. The molecule has 14 aromatic heterocycles. The van der Waals surface area contributed by atoms with Crippen LogP contribution >= 0.6 is 0 Å². The molecule has 2 atom stereocenters. The number of aromatic nitrogens is 17. The fraction of sp³-hybridized carbons (Fsp3) is 0.145. The zero-order valence-corrected chi connectivity index (χ0v) is 59.2. The molecule has 17 aromatic rings. The number of aromatic amines is 1. The number of pyridine rings is 7. The van der Waals surface area contributed by atoms with Crippen molar-refractivity contribution in [3.8, 4) is 84.2 Å². The van der Waals surface area contributed by atoms with Crippen molar-refractivity contribution in [1.29, 1.82) is 5.26 Å². The van der Waals surface area contributed by atoms with E-state index in [1.807, 2.05) is 194 Å². The van der Waals surface area contributed by atoms with Gasteiger partial charge in [0.25, 0.3) is 0 Å². The summed E-state index contributed by atoms with van der Waals surface area (Å²) in [5.74, 6) is 2.46. The van der Waals surface area contributed by atoms with Gasteiger partial charge in [0.1, 0.15) is 23.3 Å². The van der Waals surface area contributed by atoms with Gasteiger partial charge in [-0.2, -0.15) is 10.5 Å². The van der Waals surface area contributed by atoms with Crippen LogP contribution in [0.15, 0.2) is 239 Å². The van der Waals surface area contributed by atoms with Crippen molar-refractivity contribution in [3.05, 3.63) is 294 Å². The number of ether oxygens (including phenoxy) is 1. The lowest BCUT2D eigenvalue weighted by Gasteiger charge is -2.19. The number of tetrazole rings is 1. The van der Waals surface area contributed by atoms with Crippen LogP contribution in [0.4, 0.5) is 0 Å². The van der Waals surface area contributed by atoms with Crippen molar-refractivity contribution < 1.29 is 23.1 Å². The largest absolute Gasteiger partial charge is 0.465 e. The van der Waals surface area contributed by atoms with Gasteiger partial charge in [0.05, 0.1) is 109 Å². The Morgan fingerprint density at radius 2 is 0.821 bits per heavy atom. The number of hydrogen-bond acceptors (Lipinski definition) is 19. The Balaban J connectivity index is 0.000000128. The minimum Gasteiger partial charge on any atom is -0.465 e. The molecule has 23 nitrogen and oxygen atoms in total. The Morgan fingerprint density at radius 3 is 1.17 bits per heavy atom. The third kappa shape index (κ3) is 13.1. The number of H-pyrrole nitrogens is 1. The molecule has 0 fully saturated rings. The normalized spacial score (nSPS) is 11.9. The number of carbonyl (C=O) groups excluding carboxylic acids is 1. The van der Waals surface area contributed by atoms with Gasteiger partial charge in [-0.05, 0) is 168 Å². The second-order valence-electron chi connectivity index (χ2n) is 25.6. The average molecular weight is 1400 g/mol.